The molecule has 0 aliphatic carbocycles. The summed E-state index contributed by atoms with van der Waals surface area (Å²) in [6.45, 7) is 0.208. The molecule has 112 valence electrons. The number of rotatable bonds is 5. The Kier molecular flexibility index (Phi) is 4.39. The molecule has 1 aromatic heterocycles. The highest BCUT2D eigenvalue weighted by Crippen LogP contribution is 2.15. The Balaban J connectivity index is 1.92. The van der Waals surface area contributed by atoms with Gasteiger partial charge in [0.15, 0.2) is 18.2 Å². The standard InChI is InChI=1S/C20H16NO2/c22-19(15-21-13-7-2-8-14-21)17-11-5-6-12-18(17)20(23)16-9-3-1-4-10-16/h1-14H,15H2/q+1. The number of Topliss-reactive ketones (excluding diaryl/α,β-unsaturated/α-hetero) is 1. The highest BCUT2D eigenvalue weighted by atomic mass is 16.1. The summed E-state index contributed by atoms with van der Waals surface area (Å²) >= 11 is 0. The Labute approximate surface area is 134 Å². The second-order valence-electron chi connectivity index (χ2n) is 5.21. The molecule has 0 aliphatic heterocycles. The third-order valence-electron chi connectivity index (χ3n) is 3.61. The van der Waals surface area contributed by atoms with Crippen molar-refractivity contribution in [3.8, 4) is 0 Å². The van der Waals surface area contributed by atoms with Gasteiger partial charge < -0.3 is 0 Å². The van der Waals surface area contributed by atoms with E-state index in [0.717, 1.165) is 0 Å². The molecule has 0 fully saturated rings. The summed E-state index contributed by atoms with van der Waals surface area (Å²) in [7, 11) is 0. The van der Waals surface area contributed by atoms with Crippen LogP contribution < -0.4 is 4.57 Å². The third-order valence-corrected chi connectivity index (χ3v) is 3.61. The lowest BCUT2D eigenvalue weighted by atomic mass is 9.96. The predicted molar refractivity (Wildman–Crippen MR) is 87.3 cm³/mol. The SMILES string of the molecule is O=C(C[n+]1ccccc1)c1ccccc1C(=O)c1ccccc1. The fourth-order valence-corrected chi connectivity index (χ4v) is 2.46. The molecule has 0 amide bonds. The van der Waals surface area contributed by atoms with Crippen molar-refractivity contribution in [3.05, 3.63) is 102 Å². The van der Waals surface area contributed by atoms with Gasteiger partial charge in [-0.25, -0.2) is 0 Å². The Bertz CT molecular complexity index is 827. The Morgan fingerprint density at radius 1 is 0.696 bits per heavy atom. The minimum absolute atomic E-state index is 0.0823. The lowest BCUT2D eigenvalue weighted by Crippen LogP contribution is -2.37. The molecule has 0 saturated heterocycles. The zero-order valence-corrected chi connectivity index (χ0v) is 12.6. The zero-order chi connectivity index (χ0) is 16.1. The number of benzene rings is 2. The summed E-state index contributed by atoms with van der Waals surface area (Å²) in [5, 5.41) is 0. The summed E-state index contributed by atoms with van der Waals surface area (Å²) in [6.07, 6.45) is 3.67. The average Bonchev–Trinajstić information content (AvgIpc) is 2.62. The van der Waals surface area contributed by atoms with E-state index in [0.29, 0.717) is 16.7 Å². The lowest BCUT2D eigenvalue weighted by Gasteiger charge is -2.06. The van der Waals surface area contributed by atoms with Gasteiger partial charge in [-0.3, -0.25) is 9.59 Å². The smallest absolute Gasteiger partial charge is 0.228 e. The highest BCUT2D eigenvalue weighted by molar-refractivity contribution is 6.15. The van der Waals surface area contributed by atoms with Crippen molar-refractivity contribution in [2.45, 2.75) is 6.54 Å². The Hall–Kier alpha value is -3.07. The molecule has 3 rings (SSSR count). The predicted octanol–water partition coefficient (Wildman–Crippen LogP) is 3.09. The number of aromatic nitrogens is 1. The van der Waals surface area contributed by atoms with Crippen LogP contribution in [0.25, 0.3) is 0 Å². The van der Waals surface area contributed by atoms with Crippen LogP contribution in [0.3, 0.4) is 0 Å². The summed E-state index contributed by atoms with van der Waals surface area (Å²) in [6, 6.07) is 21.6. The maximum atomic E-state index is 12.7. The van der Waals surface area contributed by atoms with E-state index in [1.807, 2.05) is 48.8 Å². The molecule has 1 heterocycles. The van der Waals surface area contributed by atoms with Crippen LogP contribution in [0.15, 0.2) is 85.2 Å². The van der Waals surface area contributed by atoms with Crippen molar-refractivity contribution in [1.82, 2.24) is 0 Å². The first-order chi connectivity index (χ1) is 11.3. The van der Waals surface area contributed by atoms with Crippen LogP contribution in [-0.4, -0.2) is 11.6 Å². The molecule has 0 bridgehead atoms. The van der Waals surface area contributed by atoms with E-state index in [4.69, 9.17) is 0 Å². The van der Waals surface area contributed by atoms with Crippen LogP contribution >= 0.6 is 0 Å². The Morgan fingerprint density at radius 3 is 1.96 bits per heavy atom. The zero-order valence-electron chi connectivity index (χ0n) is 12.6. The number of carbonyl (C=O) groups is 2. The van der Waals surface area contributed by atoms with Crippen molar-refractivity contribution >= 4 is 11.6 Å². The van der Waals surface area contributed by atoms with Crippen LogP contribution in [0.1, 0.15) is 26.3 Å². The monoisotopic (exact) mass is 302 g/mol. The largest absolute Gasteiger partial charge is 0.289 e. The second-order valence-corrected chi connectivity index (χ2v) is 5.21. The molecule has 3 heteroatoms. The van der Waals surface area contributed by atoms with Gasteiger partial charge in [0.05, 0.1) is 0 Å². The van der Waals surface area contributed by atoms with Crippen molar-refractivity contribution in [1.29, 1.82) is 0 Å². The number of hydrogen-bond donors (Lipinski definition) is 0. The van der Waals surface area contributed by atoms with Gasteiger partial charge in [0.1, 0.15) is 0 Å². The maximum absolute atomic E-state index is 12.7. The molecule has 2 aromatic carbocycles. The maximum Gasteiger partial charge on any atom is 0.228 e. The van der Waals surface area contributed by atoms with Gasteiger partial charge in [0.25, 0.3) is 0 Å². The summed E-state index contributed by atoms with van der Waals surface area (Å²) in [5.41, 5.74) is 1.48. The molecule has 0 aliphatic rings. The van der Waals surface area contributed by atoms with Crippen molar-refractivity contribution in [2.75, 3.05) is 0 Å². The normalized spacial score (nSPS) is 10.3. The van der Waals surface area contributed by atoms with Crippen LogP contribution in [0.2, 0.25) is 0 Å². The van der Waals surface area contributed by atoms with Crippen molar-refractivity contribution in [3.63, 3.8) is 0 Å². The van der Waals surface area contributed by atoms with Gasteiger partial charge in [-0.05, 0) is 0 Å². The minimum atomic E-state index is -0.132. The number of nitrogens with zero attached hydrogens (tertiary/aromatic N) is 1. The van der Waals surface area contributed by atoms with Gasteiger partial charge in [-0.15, -0.1) is 0 Å². The molecule has 0 atom stereocenters. The number of hydrogen-bond acceptors (Lipinski definition) is 2. The first kappa shape index (κ1) is 14.9. The number of pyridine rings is 1. The molecule has 0 unspecified atom stereocenters. The van der Waals surface area contributed by atoms with E-state index < -0.39 is 0 Å². The number of ketones is 2. The molecule has 23 heavy (non-hydrogen) atoms. The van der Waals surface area contributed by atoms with Gasteiger partial charge in [0.2, 0.25) is 12.3 Å². The van der Waals surface area contributed by atoms with Crippen LogP contribution in [-0.2, 0) is 6.54 Å². The fraction of sp³-hybridized carbons (Fsp3) is 0.0500. The fourth-order valence-electron chi connectivity index (χ4n) is 2.46. The molecular formula is C20H16NO2+. The van der Waals surface area contributed by atoms with E-state index in [2.05, 4.69) is 0 Å². The molecule has 3 nitrogen and oxygen atoms in total. The Morgan fingerprint density at radius 2 is 1.26 bits per heavy atom. The van der Waals surface area contributed by atoms with Gasteiger partial charge >= 0.3 is 0 Å². The van der Waals surface area contributed by atoms with E-state index in [-0.39, 0.29) is 18.1 Å². The summed E-state index contributed by atoms with van der Waals surface area (Å²) in [4.78, 5) is 25.3. The van der Waals surface area contributed by atoms with Crippen molar-refractivity contribution < 1.29 is 14.2 Å². The van der Waals surface area contributed by atoms with Crippen LogP contribution in [0.4, 0.5) is 0 Å². The summed E-state index contributed by atoms with van der Waals surface area (Å²) < 4.78 is 1.80. The lowest BCUT2D eigenvalue weighted by molar-refractivity contribution is -0.683. The quantitative estimate of drug-likeness (QED) is 0.536. The van der Waals surface area contributed by atoms with Crippen molar-refractivity contribution in [2.24, 2.45) is 0 Å². The minimum Gasteiger partial charge on any atom is -0.289 e. The molecular weight excluding hydrogens is 286 g/mol. The average molecular weight is 302 g/mol. The van der Waals surface area contributed by atoms with Gasteiger partial charge in [0, 0.05) is 28.8 Å². The molecule has 0 saturated carbocycles. The number of carbonyl (C=O) groups excluding carboxylic acids is 2. The van der Waals surface area contributed by atoms with Gasteiger partial charge in [-0.2, -0.15) is 4.57 Å². The summed E-state index contributed by atoms with van der Waals surface area (Å²) in [5.74, 6) is -0.214. The highest BCUT2D eigenvalue weighted by Gasteiger charge is 2.20. The first-order valence-corrected chi connectivity index (χ1v) is 7.42. The molecule has 3 aromatic rings. The van der Waals surface area contributed by atoms with E-state index in [1.165, 1.54) is 0 Å². The van der Waals surface area contributed by atoms with E-state index >= 15 is 0 Å². The molecule has 0 N–H and O–H groups in total. The topological polar surface area (TPSA) is 38.0 Å². The molecule has 0 radical (unpaired) electrons. The van der Waals surface area contributed by atoms with Gasteiger partial charge in [-0.1, -0.05) is 60.7 Å². The van der Waals surface area contributed by atoms with E-state index in [9.17, 15) is 9.59 Å². The first-order valence-electron chi connectivity index (χ1n) is 7.42. The van der Waals surface area contributed by atoms with Crippen LogP contribution in [0, 0.1) is 0 Å². The third kappa shape index (κ3) is 3.40. The van der Waals surface area contributed by atoms with E-state index in [1.54, 1.807) is 41.0 Å². The molecule has 0 spiro atoms. The second kappa shape index (κ2) is 6.79. The van der Waals surface area contributed by atoms with Crippen LogP contribution in [0.5, 0.6) is 0 Å².